The summed E-state index contributed by atoms with van der Waals surface area (Å²) in [5.74, 6) is -2.48. The molecule has 0 radical (unpaired) electrons. The first-order valence-electron chi connectivity index (χ1n) is 6.91. The largest absolute Gasteiger partial charge is 0.503 e. The van der Waals surface area contributed by atoms with E-state index in [-0.39, 0.29) is 12.3 Å². The number of hydrogen-bond donors (Lipinski definition) is 3. The van der Waals surface area contributed by atoms with Gasteiger partial charge < -0.3 is 20.3 Å². The second-order valence-electron chi connectivity index (χ2n) is 4.98. The maximum atomic E-state index is 13.5. The van der Waals surface area contributed by atoms with E-state index in [4.69, 9.17) is 9.84 Å². The fourth-order valence-electron chi connectivity index (χ4n) is 2.31. The third-order valence-electron chi connectivity index (χ3n) is 3.49. The van der Waals surface area contributed by atoms with Crippen molar-refractivity contribution < 1.29 is 23.7 Å². The number of anilines is 2. The first kappa shape index (κ1) is 15.9. The second-order valence-corrected chi connectivity index (χ2v) is 4.98. The quantitative estimate of drug-likeness (QED) is 0.637. The minimum Gasteiger partial charge on any atom is -0.503 e. The predicted molar refractivity (Wildman–Crippen MR) is 83.3 cm³/mol. The molecule has 1 heterocycles. The second kappa shape index (κ2) is 6.25. The van der Waals surface area contributed by atoms with Gasteiger partial charge in [0.1, 0.15) is 17.9 Å². The van der Waals surface area contributed by atoms with Gasteiger partial charge in [0.15, 0.2) is 17.4 Å². The molecule has 0 bridgehead atoms. The van der Waals surface area contributed by atoms with Crippen LogP contribution in [0, 0.1) is 11.6 Å². The maximum Gasteiger partial charge on any atom is 0.187 e. The Balaban J connectivity index is 2.09. The van der Waals surface area contributed by atoms with Crippen LogP contribution in [0.3, 0.4) is 0 Å². The number of ether oxygens (including phenoxy) is 1. The lowest BCUT2D eigenvalue weighted by Crippen LogP contribution is -1.99. The Kier molecular flexibility index (Phi) is 4.13. The third kappa shape index (κ3) is 2.79. The zero-order chi connectivity index (χ0) is 17.3. The number of rotatable bonds is 4. The molecule has 0 atom stereocenters. The summed E-state index contributed by atoms with van der Waals surface area (Å²) in [6.07, 6.45) is 1.28. The molecule has 1 aromatic heterocycles. The van der Waals surface area contributed by atoms with Crippen molar-refractivity contribution in [2.75, 3.05) is 12.4 Å². The molecule has 3 N–H and O–H groups in total. The molecule has 0 saturated heterocycles. The third-order valence-corrected chi connectivity index (χ3v) is 3.49. The van der Waals surface area contributed by atoms with Gasteiger partial charge in [-0.25, -0.2) is 18.7 Å². The zero-order valence-corrected chi connectivity index (χ0v) is 12.5. The average molecular weight is 333 g/mol. The van der Waals surface area contributed by atoms with Gasteiger partial charge in [-0.2, -0.15) is 0 Å². The highest BCUT2D eigenvalue weighted by molar-refractivity contribution is 5.92. The molecule has 0 spiro atoms. The molecular weight excluding hydrogens is 320 g/mol. The van der Waals surface area contributed by atoms with E-state index in [1.54, 1.807) is 12.1 Å². The van der Waals surface area contributed by atoms with E-state index in [2.05, 4.69) is 15.3 Å². The average Bonchev–Trinajstić information content (AvgIpc) is 2.58. The topological polar surface area (TPSA) is 87.5 Å². The lowest BCUT2D eigenvalue weighted by molar-refractivity contribution is 0.274. The van der Waals surface area contributed by atoms with Crippen LogP contribution in [-0.4, -0.2) is 27.3 Å². The van der Waals surface area contributed by atoms with Crippen molar-refractivity contribution >= 4 is 22.4 Å². The van der Waals surface area contributed by atoms with Crippen LogP contribution in [0.25, 0.3) is 10.9 Å². The fraction of sp³-hybridized carbons (Fsp3) is 0.125. The van der Waals surface area contributed by atoms with E-state index in [1.807, 2.05) is 0 Å². The molecule has 8 heteroatoms. The molecule has 3 rings (SSSR count). The Morgan fingerprint density at radius 2 is 1.83 bits per heavy atom. The number of methoxy groups -OCH3 is 1. The van der Waals surface area contributed by atoms with Gasteiger partial charge in [-0.3, -0.25) is 0 Å². The number of halogens is 2. The van der Waals surface area contributed by atoms with E-state index in [9.17, 15) is 13.9 Å². The summed E-state index contributed by atoms with van der Waals surface area (Å²) in [6.45, 7) is -0.222. The van der Waals surface area contributed by atoms with Crippen LogP contribution < -0.4 is 10.1 Å². The SMILES string of the molecule is COc1cc2c(Nc3cc(F)c(O)c(F)c3)ncnc2cc1CO. The van der Waals surface area contributed by atoms with Crippen molar-refractivity contribution in [1.82, 2.24) is 9.97 Å². The number of phenolic OH excluding ortho intramolecular Hbond substituents is 1. The van der Waals surface area contributed by atoms with Gasteiger partial charge in [0.25, 0.3) is 0 Å². The molecule has 3 aromatic rings. The van der Waals surface area contributed by atoms with Gasteiger partial charge in [0.05, 0.1) is 19.2 Å². The summed E-state index contributed by atoms with van der Waals surface area (Å²) < 4.78 is 32.1. The molecule has 2 aromatic carbocycles. The minimum absolute atomic E-state index is 0.0769. The van der Waals surface area contributed by atoms with Crippen molar-refractivity contribution in [1.29, 1.82) is 0 Å². The Labute approximate surface area is 135 Å². The summed E-state index contributed by atoms with van der Waals surface area (Å²) in [5, 5.41) is 21.8. The smallest absolute Gasteiger partial charge is 0.187 e. The minimum atomic E-state index is -1.09. The number of nitrogens with zero attached hydrogens (tertiary/aromatic N) is 2. The lowest BCUT2D eigenvalue weighted by atomic mass is 10.1. The van der Waals surface area contributed by atoms with Gasteiger partial charge in [0.2, 0.25) is 0 Å². The number of benzene rings is 2. The predicted octanol–water partition coefficient (Wildman–Crippen LogP) is 2.86. The molecule has 0 fully saturated rings. The Morgan fingerprint density at radius 3 is 2.46 bits per heavy atom. The van der Waals surface area contributed by atoms with Gasteiger partial charge in [-0.05, 0) is 12.1 Å². The molecule has 0 amide bonds. The number of phenols is 1. The Hall–Kier alpha value is -3.00. The Morgan fingerprint density at radius 1 is 1.12 bits per heavy atom. The highest BCUT2D eigenvalue weighted by Crippen LogP contribution is 2.31. The molecule has 0 unspecified atom stereocenters. The van der Waals surface area contributed by atoms with E-state index in [0.29, 0.717) is 28.0 Å². The maximum absolute atomic E-state index is 13.5. The van der Waals surface area contributed by atoms with Crippen LogP contribution >= 0.6 is 0 Å². The molecule has 24 heavy (non-hydrogen) atoms. The highest BCUT2D eigenvalue weighted by Gasteiger charge is 2.13. The van der Waals surface area contributed by atoms with Crippen LogP contribution in [0.15, 0.2) is 30.6 Å². The number of hydrogen-bond acceptors (Lipinski definition) is 6. The normalized spacial score (nSPS) is 10.8. The van der Waals surface area contributed by atoms with E-state index >= 15 is 0 Å². The fourth-order valence-corrected chi connectivity index (χ4v) is 2.31. The number of aromatic nitrogens is 2. The first-order chi connectivity index (χ1) is 11.5. The molecule has 0 aliphatic carbocycles. The monoisotopic (exact) mass is 333 g/mol. The number of nitrogens with one attached hydrogen (secondary N) is 1. The van der Waals surface area contributed by atoms with Gasteiger partial charge in [-0.1, -0.05) is 0 Å². The summed E-state index contributed by atoms with van der Waals surface area (Å²) in [6, 6.07) is 5.16. The summed E-state index contributed by atoms with van der Waals surface area (Å²) in [7, 11) is 1.46. The molecule has 0 saturated carbocycles. The van der Waals surface area contributed by atoms with E-state index < -0.39 is 17.4 Å². The number of aliphatic hydroxyl groups is 1. The van der Waals surface area contributed by atoms with Crippen molar-refractivity contribution in [3.63, 3.8) is 0 Å². The van der Waals surface area contributed by atoms with E-state index in [0.717, 1.165) is 12.1 Å². The molecule has 0 aliphatic rings. The summed E-state index contributed by atoms with van der Waals surface area (Å²) >= 11 is 0. The van der Waals surface area contributed by atoms with Crippen molar-refractivity contribution in [3.8, 4) is 11.5 Å². The van der Waals surface area contributed by atoms with Crippen molar-refractivity contribution in [2.24, 2.45) is 0 Å². The Bertz CT molecular complexity index is 895. The van der Waals surface area contributed by atoms with Gasteiger partial charge >= 0.3 is 0 Å². The summed E-state index contributed by atoms with van der Waals surface area (Å²) in [4.78, 5) is 8.18. The van der Waals surface area contributed by atoms with Gasteiger partial charge in [-0.15, -0.1) is 0 Å². The molecule has 0 aliphatic heterocycles. The van der Waals surface area contributed by atoms with Crippen LogP contribution in [0.5, 0.6) is 11.5 Å². The highest BCUT2D eigenvalue weighted by atomic mass is 19.1. The number of aliphatic hydroxyl groups excluding tert-OH is 1. The molecule has 6 nitrogen and oxygen atoms in total. The standard InChI is InChI=1S/C16H13F2N3O3/c1-24-14-5-10-13(2-8(14)6-22)19-7-20-16(10)21-9-3-11(17)15(23)12(18)4-9/h2-5,7,22-23H,6H2,1H3,(H,19,20,21). The van der Waals surface area contributed by atoms with Crippen molar-refractivity contribution in [3.05, 3.63) is 47.8 Å². The summed E-state index contributed by atoms with van der Waals surface area (Å²) in [5.41, 5.74) is 1.15. The van der Waals surface area contributed by atoms with Crippen LogP contribution in [0.2, 0.25) is 0 Å². The number of fused-ring (bicyclic) bond motifs is 1. The lowest BCUT2D eigenvalue weighted by Gasteiger charge is -2.12. The van der Waals surface area contributed by atoms with Crippen LogP contribution in [0.4, 0.5) is 20.3 Å². The van der Waals surface area contributed by atoms with E-state index in [1.165, 1.54) is 13.4 Å². The van der Waals surface area contributed by atoms with Crippen LogP contribution in [-0.2, 0) is 6.61 Å². The molecular formula is C16H13F2N3O3. The number of aromatic hydroxyl groups is 1. The zero-order valence-electron chi connectivity index (χ0n) is 12.5. The first-order valence-corrected chi connectivity index (χ1v) is 6.91. The van der Waals surface area contributed by atoms with Crippen molar-refractivity contribution in [2.45, 2.75) is 6.61 Å². The van der Waals surface area contributed by atoms with Crippen LogP contribution in [0.1, 0.15) is 5.56 Å². The van der Waals surface area contributed by atoms with Gasteiger partial charge in [0, 0.05) is 28.8 Å². The molecule has 124 valence electrons.